The number of nitrogens with zero attached hydrogens (tertiary/aromatic N) is 4. The largest absolute Gasteiger partial charge is 0.318 e. The van der Waals surface area contributed by atoms with Gasteiger partial charge in [0, 0.05) is 39.8 Å². The standard InChI is InChI=1S/C33H25ClN4O3S/c1-19-17-22(20(2)36(19)23-12-14-24(15-13-23)38(40)41)18-29-32(39)37-31(26-9-5-6-10-28(26)34)27-16-11-21-7-3-4-8-25(21)30(27)35-33(37)42-29/h3-10,12-15,17-18,31H,11,16H2,1-2H3/b29-18+/t31-/m1/s1. The molecule has 2 aliphatic rings. The van der Waals surface area contributed by atoms with Crippen molar-refractivity contribution in [3.63, 3.8) is 0 Å². The normalized spacial score (nSPS) is 16.1. The summed E-state index contributed by atoms with van der Waals surface area (Å²) >= 11 is 8.14. The molecule has 1 aliphatic heterocycles. The molecule has 0 saturated carbocycles. The van der Waals surface area contributed by atoms with Gasteiger partial charge in [-0.15, -0.1) is 0 Å². The number of rotatable bonds is 4. The van der Waals surface area contributed by atoms with E-state index in [0.29, 0.717) is 14.4 Å². The van der Waals surface area contributed by atoms with Gasteiger partial charge in [-0.25, -0.2) is 4.99 Å². The summed E-state index contributed by atoms with van der Waals surface area (Å²) in [6, 6.07) is 24.2. The van der Waals surface area contributed by atoms with Crippen molar-refractivity contribution < 1.29 is 4.92 Å². The van der Waals surface area contributed by atoms with Gasteiger partial charge in [-0.1, -0.05) is 65.4 Å². The third kappa shape index (κ3) is 4.18. The van der Waals surface area contributed by atoms with Crippen LogP contribution in [0.1, 0.15) is 46.1 Å². The molecule has 7 nitrogen and oxygen atoms in total. The fourth-order valence-electron chi connectivity index (χ4n) is 6.19. The first kappa shape index (κ1) is 26.4. The number of aromatic nitrogens is 2. The number of hydrogen-bond donors (Lipinski definition) is 0. The van der Waals surface area contributed by atoms with Gasteiger partial charge < -0.3 is 4.57 Å². The summed E-state index contributed by atoms with van der Waals surface area (Å²) in [6.07, 6.45) is 3.60. The number of hydrogen-bond acceptors (Lipinski definition) is 5. The Morgan fingerprint density at radius 3 is 2.52 bits per heavy atom. The lowest BCUT2D eigenvalue weighted by Crippen LogP contribution is -2.38. The molecule has 0 bridgehead atoms. The third-order valence-corrected chi connectivity index (χ3v) is 9.48. The second-order valence-corrected chi connectivity index (χ2v) is 12.0. The van der Waals surface area contributed by atoms with Crippen LogP contribution >= 0.6 is 22.9 Å². The van der Waals surface area contributed by atoms with E-state index in [2.05, 4.69) is 18.2 Å². The summed E-state index contributed by atoms with van der Waals surface area (Å²) in [7, 11) is 0. The van der Waals surface area contributed by atoms with Crippen molar-refractivity contribution in [2.75, 3.05) is 0 Å². The van der Waals surface area contributed by atoms with Gasteiger partial charge in [0.05, 0.1) is 21.2 Å². The van der Waals surface area contributed by atoms with Crippen LogP contribution in [-0.4, -0.2) is 14.1 Å². The van der Waals surface area contributed by atoms with Crippen LogP contribution in [-0.2, 0) is 6.42 Å². The second kappa shape index (κ2) is 10.1. The van der Waals surface area contributed by atoms with E-state index in [9.17, 15) is 14.9 Å². The highest BCUT2D eigenvalue weighted by molar-refractivity contribution is 7.07. The van der Waals surface area contributed by atoms with Crippen molar-refractivity contribution in [3.05, 3.63) is 153 Å². The van der Waals surface area contributed by atoms with Gasteiger partial charge in [-0.2, -0.15) is 0 Å². The van der Waals surface area contributed by atoms with E-state index >= 15 is 0 Å². The lowest BCUT2D eigenvalue weighted by atomic mass is 9.83. The molecule has 0 spiro atoms. The fraction of sp³-hybridized carbons (Fsp3) is 0.152. The lowest BCUT2D eigenvalue weighted by molar-refractivity contribution is -0.384. The average Bonchev–Trinajstić information content (AvgIpc) is 3.45. The van der Waals surface area contributed by atoms with Crippen LogP contribution in [0.2, 0.25) is 5.02 Å². The van der Waals surface area contributed by atoms with Gasteiger partial charge >= 0.3 is 0 Å². The summed E-state index contributed by atoms with van der Waals surface area (Å²) in [5.74, 6) is 0. The lowest BCUT2D eigenvalue weighted by Gasteiger charge is -2.31. The molecule has 2 aromatic heterocycles. The van der Waals surface area contributed by atoms with Crippen molar-refractivity contribution in [1.82, 2.24) is 9.13 Å². The summed E-state index contributed by atoms with van der Waals surface area (Å²) < 4.78 is 4.43. The number of nitro benzene ring substituents is 1. The number of thiazole rings is 1. The third-order valence-electron chi connectivity index (χ3n) is 8.15. The summed E-state index contributed by atoms with van der Waals surface area (Å²) in [5.41, 5.74) is 8.87. The van der Waals surface area contributed by atoms with Gasteiger partial charge in [0.15, 0.2) is 4.80 Å². The van der Waals surface area contributed by atoms with Crippen LogP contribution < -0.4 is 14.9 Å². The number of non-ortho nitro benzene ring substituents is 1. The Morgan fingerprint density at radius 1 is 1.02 bits per heavy atom. The van der Waals surface area contributed by atoms with E-state index in [4.69, 9.17) is 16.6 Å². The van der Waals surface area contributed by atoms with Gasteiger partial charge in [0.25, 0.3) is 11.2 Å². The highest BCUT2D eigenvalue weighted by Crippen LogP contribution is 2.42. The quantitative estimate of drug-likeness (QED) is 0.182. The first-order chi connectivity index (χ1) is 20.3. The molecular weight excluding hydrogens is 568 g/mol. The number of allylic oxidation sites excluding steroid dienone is 1. The Hall–Kier alpha value is -4.53. The minimum absolute atomic E-state index is 0.0425. The van der Waals surface area contributed by atoms with Crippen molar-refractivity contribution in [2.24, 2.45) is 4.99 Å². The van der Waals surface area contributed by atoms with Crippen LogP contribution in [0.4, 0.5) is 5.69 Å². The Balaban J connectivity index is 1.41. The van der Waals surface area contributed by atoms with Crippen LogP contribution in [0.3, 0.4) is 0 Å². The predicted molar refractivity (Wildman–Crippen MR) is 166 cm³/mol. The minimum Gasteiger partial charge on any atom is -0.318 e. The molecule has 0 radical (unpaired) electrons. The highest BCUT2D eigenvalue weighted by Gasteiger charge is 2.33. The van der Waals surface area contributed by atoms with Gasteiger partial charge in [-0.3, -0.25) is 19.5 Å². The van der Waals surface area contributed by atoms with Crippen LogP contribution in [0.15, 0.2) is 94.2 Å². The molecule has 3 heterocycles. The molecule has 1 atom stereocenters. The highest BCUT2D eigenvalue weighted by atomic mass is 35.5. The van der Waals surface area contributed by atoms with Crippen molar-refractivity contribution in [3.8, 4) is 5.69 Å². The smallest absolute Gasteiger partial charge is 0.271 e. The molecular formula is C33H25ClN4O3S. The SMILES string of the molecule is Cc1cc(/C=c2/sc3n(c2=O)[C@H](c2ccccc2Cl)C2=C(N=3)c3ccccc3CC2)c(C)n1-c1ccc([N+](=O)[O-])cc1. The zero-order valence-electron chi connectivity index (χ0n) is 22.9. The zero-order chi connectivity index (χ0) is 29.1. The first-order valence-corrected chi connectivity index (χ1v) is 14.8. The average molecular weight is 593 g/mol. The monoisotopic (exact) mass is 592 g/mol. The zero-order valence-corrected chi connectivity index (χ0v) is 24.4. The Kier molecular flexibility index (Phi) is 6.33. The van der Waals surface area contributed by atoms with Gasteiger partial charge in [-0.05, 0) is 79.3 Å². The fourth-order valence-corrected chi connectivity index (χ4v) is 7.42. The molecule has 1 aliphatic carbocycles. The van der Waals surface area contributed by atoms with Crippen molar-refractivity contribution >= 4 is 40.4 Å². The van der Waals surface area contributed by atoms with Crippen molar-refractivity contribution in [2.45, 2.75) is 32.7 Å². The first-order valence-electron chi connectivity index (χ1n) is 13.6. The molecule has 0 amide bonds. The summed E-state index contributed by atoms with van der Waals surface area (Å²) in [5, 5.41) is 11.7. The molecule has 3 aromatic carbocycles. The van der Waals surface area contributed by atoms with E-state index in [-0.39, 0.29) is 17.3 Å². The molecule has 208 valence electrons. The van der Waals surface area contributed by atoms with Crippen LogP contribution in [0.5, 0.6) is 0 Å². The van der Waals surface area contributed by atoms with Crippen LogP contribution in [0, 0.1) is 24.0 Å². The number of fused-ring (bicyclic) bond motifs is 3. The maximum absolute atomic E-state index is 14.2. The molecule has 0 unspecified atom stereocenters. The topological polar surface area (TPSA) is 82.4 Å². The molecule has 0 fully saturated rings. The van der Waals surface area contributed by atoms with E-state index < -0.39 is 4.92 Å². The minimum atomic E-state index is -0.406. The number of aryl methyl sites for hydroxylation is 2. The second-order valence-electron chi connectivity index (χ2n) is 10.6. The van der Waals surface area contributed by atoms with Crippen LogP contribution in [0.25, 0.3) is 17.5 Å². The number of benzene rings is 3. The summed E-state index contributed by atoms with van der Waals surface area (Å²) in [6.45, 7) is 3.97. The Bertz CT molecular complexity index is 2140. The molecule has 0 saturated heterocycles. The Morgan fingerprint density at radius 2 is 1.76 bits per heavy atom. The van der Waals surface area contributed by atoms with Gasteiger partial charge in [0.1, 0.15) is 0 Å². The van der Waals surface area contributed by atoms with E-state index in [1.807, 2.05) is 60.9 Å². The molecule has 7 rings (SSSR count). The molecule has 5 aromatic rings. The van der Waals surface area contributed by atoms with Gasteiger partial charge in [0.2, 0.25) is 0 Å². The number of halogens is 1. The predicted octanol–water partition coefficient (Wildman–Crippen LogP) is 6.29. The maximum Gasteiger partial charge on any atom is 0.271 e. The van der Waals surface area contributed by atoms with E-state index in [0.717, 1.165) is 57.9 Å². The maximum atomic E-state index is 14.2. The van der Waals surface area contributed by atoms with E-state index in [1.54, 1.807) is 16.7 Å². The summed E-state index contributed by atoms with van der Waals surface area (Å²) in [4.78, 5) is 30.6. The van der Waals surface area contributed by atoms with Crippen molar-refractivity contribution in [1.29, 1.82) is 0 Å². The number of nitro groups is 1. The molecule has 42 heavy (non-hydrogen) atoms. The van der Waals surface area contributed by atoms with E-state index in [1.165, 1.54) is 29.0 Å². The molecule has 9 heteroatoms. The Labute approximate surface area is 250 Å². The molecule has 0 N–H and O–H groups in total.